The zero-order valence-electron chi connectivity index (χ0n) is 29.7. The number of allylic oxidation sites excluding steroid dienone is 7. The van der Waals surface area contributed by atoms with Gasteiger partial charge >= 0.3 is 0 Å². The van der Waals surface area contributed by atoms with Gasteiger partial charge in [0.05, 0.1) is 10.9 Å². The average Bonchev–Trinajstić information content (AvgIpc) is 3.85. The molecule has 5 aromatic rings. The predicted molar refractivity (Wildman–Crippen MR) is 210 cm³/mol. The number of hydrogen-bond donors (Lipinski definition) is 1. The first kappa shape index (κ1) is 30.4. The van der Waals surface area contributed by atoms with Crippen LogP contribution in [0.4, 0.5) is 0 Å². The molecular weight excluding hydrogens is 637 g/mol. The van der Waals surface area contributed by atoms with Gasteiger partial charge in [-0.15, -0.1) is 0 Å². The maximum Gasteiger partial charge on any atom is 0.125 e. The third-order valence-electron chi connectivity index (χ3n) is 12.9. The van der Waals surface area contributed by atoms with Gasteiger partial charge in [0.2, 0.25) is 0 Å². The molecule has 258 valence electrons. The molecule has 0 radical (unpaired) electrons. The molecular formula is C48H44N2O2. The normalized spacial score (nSPS) is 28.1. The molecule has 0 bridgehead atoms. The van der Waals surface area contributed by atoms with Crippen LogP contribution >= 0.6 is 0 Å². The van der Waals surface area contributed by atoms with Crippen molar-refractivity contribution < 1.29 is 9.47 Å². The Labute approximate surface area is 305 Å². The maximum atomic E-state index is 7.13. The van der Waals surface area contributed by atoms with Crippen LogP contribution in [0, 0.1) is 11.8 Å². The third-order valence-corrected chi connectivity index (χ3v) is 12.9. The standard InChI is InChI=1S/C48H44N2O2/c1-30-19-23-33(24-20-30)50-42-16-5-2-10-35(42)36-12-8-11-34(47(36)50)31-21-25-39-45(28-31)51-43-17-6-3-13-37(43)48(39)38-14-4-7-18-44(38)52-46-29-32(22-26-40(46)48)41-15-9-27-49-41/h3-4,6-9,11-15,18-19,21-28,30,32,40,43,46,49H,2,5,10,16-17,20,29H2,1H3/t30-,32?,40?,43?,46?,48?/m1/s1. The summed E-state index contributed by atoms with van der Waals surface area (Å²) in [7, 11) is 0. The second-order valence-corrected chi connectivity index (χ2v) is 15.8. The molecule has 1 spiro atoms. The Morgan fingerprint density at radius 1 is 0.846 bits per heavy atom. The highest BCUT2D eigenvalue weighted by molar-refractivity contribution is 6.00. The van der Waals surface area contributed by atoms with Crippen molar-refractivity contribution in [1.82, 2.24) is 9.55 Å². The number of rotatable bonds is 3. The lowest BCUT2D eigenvalue weighted by Crippen LogP contribution is -2.55. The smallest absolute Gasteiger partial charge is 0.125 e. The Morgan fingerprint density at radius 3 is 2.67 bits per heavy atom. The Balaban J connectivity index is 1.13. The van der Waals surface area contributed by atoms with E-state index in [0.29, 0.717) is 5.92 Å². The van der Waals surface area contributed by atoms with Crippen molar-refractivity contribution in [1.29, 1.82) is 0 Å². The number of aromatic amines is 1. The predicted octanol–water partition coefficient (Wildman–Crippen LogP) is 11.0. The summed E-state index contributed by atoms with van der Waals surface area (Å²) in [6.45, 7) is 2.31. The average molecular weight is 681 g/mol. The topological polar surface area (TPSA) is 39.2 Å². The molecule has 3 aromatic carbocycles. The highest BCUT2D eigenvalue weighted by Crippen LogP contribution is 2.62. The molecule has 0 saturated heterocycles. The summed E-state index contributed by atoms with van der Waals surface area (Å²) in [4.78, 5) is 3.47. The number of aryl methyl sites for hydroxylation is 1. The van der Waals surface area contributed by atoms with Gasteiger partial charge in [-0.05, 0) is 91.5 Å². The SMILES string of the molecule is C[C@@H]1C=CC(n2c3c(c4cccc(-c5ccc6c(c5)OC5CC=CC=C5C65c6ccccc6OC6CC(c7ccc[nH]7)C=CC65)c42)CCCC3)=CC1. The summed E-state index contributed by atoms with van der Waals surface area (Å²) >= 11 is 0. The molecule has 0 fully saturated rings. The van der Waals surface area contributed by atoms with Crippen LogP contribution < -0.4 is 9.47 Å². The Kier molecular flexibility index (Phi) is 6.81. The molecule has 4 heterocycles. The third kappa shape index (κ3) is 4.33. The minimum atomic E-state index is -0.405. The van der Waals surface area contributed by atoms with Crippen molar-refractivity contribution in [2.24, 2.45) is 11.8 Å². The minimum absolute atomic E-state index is 0.0224. The highest BCUT2D eigenvalue weighted by atomic mass is 16.5. The lowest BCUT2D eigenvalue weighted by Gasteiger charge is -2.55. The zero-order valence-corrected chi connectivity index (χ0v) is 29.7. The van der Waals surface area contributed by atoms with Crippen LogP contribution in [0.25, 0.3) is 27.7 Å². The van der Waals surface area contributed by atoms with Crippen LogP contribution in [-0.4, -0.2) is 21.8 Å². The van der Waals surface area contributed by atoms with E-state index in [1.165, 1.54) is 68.7 Å². The lowest BCUT2D eigenvalue weighted by atomic mass is 9.54. The van der Waals surface area contributed by atoms with E-state index in [4.69, 9.17) is 9.47 Å². The number of fused-ring (bicyclic) bond motifs is 11. The number of nitrogens with one attached hydrogen (secondary N) is 1. The molecule has 6 atom stereocenters. The van der Waals surface area contributed by atoms with Crippen molar-refractivity contribution in [2.75, 3.05) is 0 Å². The van der Waals surface area contributed by atoms with Gasteiger partial charge in [0, 0.05) is 63.6 Å². The zero-order chi connectivity index (χ0) is 34.4. The van der Waals surface area contributed by atoms with Crippen LogP contribution in [0.5, 0.6) is 11.5 Å². The molecule has 2 aromatic heterocycles. The summed E-state index contributed by atoms with van der Waals surface area (Å²) in [6.07, 6.45) is 28.6. The van der Waals surface area contributed by atoms with Crippen molar-refractivity contribution in [3.05, 3.63) is 161 Å². The molecule has 5 unspecified atom stereocenters. The van der Waals surface area contributed by atoms with Crippen molar-refractivity contribution in [3.63, 3.8) is 0 Å². The summed E-state index contributed by atoms with van der Waals surface area (Å²) in [5.74, 6) is 2.98. The van der Waals surface area contributed by atoms with Crippen LogP contribution in [0.15, 0.2) is 133 Å². The molecule has 1 N–H and O–H groups in total. The second-order valence-electron chi connectivity index (χ2n) is 15.8. The number of para-hydroxylation sites is 2. The van der Waals surface area contributed by atoms with Gasteiger partial charge < -0.3 is 19.0 Å². The first-order valence-corrected chi connectivity index (χ1v) is 19.5. The van der Waals surface area contributed by atoms with E-state index in [9.17, 15) is 0 Å². The monoisotopic (exact) mass is 680 g/mol. The van der Waals surface area contributed by atoms with Gasteiger partial charge in [0.25, 0.3) is 0 Å². The molecule has 4 nitrogen and oxygen atoms in total. The highest BCUT2D eigenvalue weighted by Gasteiger charge is 2.58. The van der Waals surface area contributed by atoms with Gasteiger partial charge in [0.1, 0.15) is 23.7 Å². The van der Waals surface area contributed by atoms with Crippen LogP contribution in [0.1, 0.15) is 73.0 Å². The van der Waals surface area contributed by atoms with E-state index < -0.39 is 5.41 Å². The number of H-pyrrole nitrogens is 1. The molecule has 52 heavy (non-hydrogen) atoms. The fraction of sp³-hybridized carbons (Fsp3) is 0.292. The number of nitrogens with zero attached hydrogens (tertiary/aromatic N) is 1. The Morgan fingerprint density at radius 2 is 1.77 bits per heavy atom. The number of hydrogen-bond acceptors (Lipinski definition) is 2. The molecule has 11 rings (SSSR count). The largest absolute Gasteiger partial charge is 0.489 e. The van der Waals surface area contributed by atoms with Crippen molar-refractivity contribution in [2.45, 2.75) is 75.4 Å². The Bertz CT molecular complexity index is 2400. The van der Waals surface area contributed by atoms with Gasteiger partial charge in [0.15, 0.2) is 0 Å². The van der Waals surface area contributed by atoms with Crippen molar-refractivity contribution >= 4 is 16.6 Å². The van der Waals surface area contributed by atoms with E-state index >= 15 is 0 Å². The van der Waals surface area contributed by atoms with E-state index in [-0.39, 0.29) is 24.0 Å². The first-order chi connectivity index (χ1) is 25.7. The number of aromatic nitrogens is 2. The van der Waals surface area contributed by atoms with Gasteiger partial charge in [-0.1, -0.05) is 98.0 Å². The molecule has 0 amide bonds. The second kappa shape index (κ2) is 11.6. The number of ether oxygens (including phenoxy) is 2. The molecule has 6 aliphatic rings. The molecule has 0 saturated carbocycles. The first-order valence-electron chi connectivity index (χ1n) is 19.5. The lowest BCUT2D eigenvalue weighted by molar-refractivity contribution is 0.0658. The molecule has 4 aliphatic carbocycles. The van der Waals surface area contributed by atoms with Gasteiger partial charge in [-0.2, -0.15) is 0 Å². The summed E-state index contributed by atoms with van der Waals surface area (Å²) in [6, 6.07) is 27.2. The van der Waals surface area contributed by atoms with Crippen LogP contribution in [-0.2, 0) is 18.3 Å². The summed E-state index contributed by atoms with van der Waals surface area (Å²) < 4.78 is 16.7. The van der Waals surface area contributed by atoms with Gasteiger partial charge in [-0.3, -0.25) is 0 Å². The maximum absolute atomic E-state index is 7.13. The fourth-order valence-corrected chi connectivity index (χ4v) is 10.6. The molecule has 4 heteroatoms. The molecule has 2 aliphatic heterocycles. The van der Waals surface area contributed by atoms with Crippen molar-refractivity contribution in [3.8, 4) is 22.6 Å². The Hall–Kier alpha value is -5.22. The minimum Gasteiger partial charge on any atom is -0.489 e. The fourth-order valence-electron chi connectivity index (χ4n) is 10.6. The van der Waals surface area contributed by atoms with Gasteiger partial charge in [-0.25, -0.2) is 0 Å². The van der Waals surface area contributed by atoms with E-state index in [1.54, 1.807) is 5.56 Å². The summed E-state index contributed by atoms with van der Waals surface area (Å²) in [5.41, 5.74) is 12.9. The van der Waals surface area contributed by atoms with E-state index in [0.717, 1.165) is 43.6 Å². The quantitative estimate of drug-likeness (QED) is 0.193. The van der Waals surface area contributed by atoms with Crippen LogP contribution in [0.2, 0.25) is 0 Å². The van der Waals surface area contributed by atoms with E-state index in [1.807, 2.05) is 6.20 Å². The van der Waals surface area contributed by atoms with Crippen LogP contribution in [0.3, 0.4) is 0 Å². The summed E-state index contributed by atoms with van der Waals surface area (Å²) in [5, 5.41) is 1.41. The van der Waals surface area contributed by atoms with E-state index in [2.05, 4.69) is 138 Å². The number of benzene rings is 3.